The van der Waals surface area contributed by atoms with Gasteiger partial charge in [-0.1, -0.05) is 12.1 Å². The van der Waals surface area contributed by atoms with Crippen LogP contribution in [-0.2, 0) is 0 Å². The van der Waals surface area contributed by atoms with Crippen LogP contribution in [0, 0.1) is 0 Å². The zero-order valence-electron chi connectivity index (χ0n) is 11.7. The molecule has 1 aromatic rings. The van der Waals surface area contributed by atoms with E-state index in [-0.39, 0.29) is 10.6 Å². The standard InChI is InChI=1S/C13H16F3N5O/c14-13(15,16)8-21(17)12(22)9-3-1-2-4-10(9)20-7-11-18-5-6-19-11/h1-4,20H,5-8,17H2,(H,18,19). The van der Waals surface area contributed by atoms with Crippen LogP contribution in [-0.4, -0.2) is 49.1 Å². The highest BCUT2D eigenvalue weighted by Crippen LogP contribution is 2.19. The number of nitrogens with two attached hydrogens (primary N) is 1. The highest BCUT2D eigenvalue weighted by Gasteiger charge is 2.32. The zero-order chi connectivity index (χ0) is 16.2. The second-order valence-corrected chi connectivity index (χ2v) is 4.70. The van der Waals surface area contributed by atoms with Crippen molar-refractivity contribution in [3.8, 4) is 0 Å². The largest absolute Gasteiger partial charge is 0.407 e. The van der Waals surface area contributed by atoms with E-state index in [1.165, 1.54) is 6.07 Å². The Kier molecular flexibility index (Phi) is 4.86. The van der Waals surface area contributed by atoms with E-state index in [2.05, 4.69) is 15.6 Å². The van der Waals surface area contributed by atoms with Crippen molar-refractivity contribution in [3.05, 3.63) is 29.8 Å². The van der Waals surface area contributed by atoms with Gasteiger partial charge in [-0.2, -0.15) is 13.2 Å². The molecule has 6 nitrogen and oxygen atoms in total. The van der Waals surface area contributed by atoms with Crippen molar-refractivity contribution in [2.24, 2.45) is 10.8 Å². The summed E-state index contributed by atoms with van der Waals surface area (Å²) in [7, 11) is 0. The Morgan fingerprint density at radius 2 is 2.14 bits per heavy atom. The number of halogens is 3. The number of nitrogens with zero attached hydrogens (tertiary/aromatic N) is 2. The molecule has 120 valence electrons. The van der Waals surface area contributed by atoms with Crippen LogP contribution >= 0.6 is 0 Å². The fourth-order valence-corrected chi connectivity index (χ4v) is 1.99. The molecule has 0 saturated carbocycles. The smallest absolute Gasteiger partial charge is 0.377 e. The summed E-state index contributed by atoms with van der Waals surface area (Å²) >= 11 is 0. The molecule has 0 bridgehead atoms. The molecule has 9 heteroatoms. The van der Waals surface area contributed by atoms with Crippen molar-refractivity contribution < 1.29 is 18.0 Å². The fourth-order valence-electron chi connectivity index (χ4n) is 1.99. The van der Waals surface area contributed by atoms with Crippen LogP contribution in [0.25, 0.3) is 0 Å². The number of para-hydroxylation sites is 1. The van der Waals surface area contributed by atoms with Gasteiger partial charge in [0.1, 0.15) is 12.4 Å². The maximum absolute atomic E-state index is 12.3. The molecule has 1 aliphatic heterocycles. The van der Waals surface area contributed by atoms with Crippen LogP contribution in [0.15, 0.2) is 29.3 Å². The Balaban J connectivity index is 2.08. The van der Waals surface area contributed by atoms with Gasteiger partial charge in [0.05, 0.1) is 18.7 Å². The highest BCUT2D eigenvalue weighted by atomic mass is 19.4. The molecule has 4 N–H and O–H groups in total. The molecule has 1 amide bonds. The van der Waals surface area contributed by atoms with Gasteiger partial charge in [-0.05, 0) is 12.1 Å². The third-order valence-corrected chi connectivity index (χ3v) is 2.96. The number of benzene rings is 1. The first kappa shape index (κ1) is 16.1. The Morgan fingerprint density at radius 1 is 1.41 bits per heavy atom. The quantitative estimate of drug-likeness (QED) is 0.430. The second kappa shape index (κ2) is 6.65. The molecule has 1 heterocycles. The Hall–Kier alpha value is -2.29. The first-order valence-corrected chi connectivity index (χ1v) is 6.60. The highest BCUT2D eigenvalue weighted by molar-refractivity contribution is 6.00. The Labute approximate surface area is 125 Å². The first-order valence-electron chi connectivity index (χ1n) is 6.60. The topological polar surface area (TPSA) is 82.8 Å². The first-order chi connectivity index (χ1) is 10.4. The molecule has 1 aromatic carbocycles. The number of nitrogens with one attached hydrogen (secondary N) is 2. The van der Waals surface area contributed by atoms with Crippen LogP contribution < -0.4 is 16.5 Å². The van der Waals surface area contributed by atoms with Crippen molar-refractivity contribution in [2.75, 3.05) is 31.5 Å². The molecule has 1 aliphatic rings. The van der Waals surface area contributed by atoms with E-state index in [1.54, 1.807) is 18.2 Å². The predicted octanol–water partition coefficient (Wildman–Crippen LogP) is 0.978. The zero-order valence-corrected chi connectivity index (χ0v) is 11.7. The number of carbonyl (C=O) groups excluding carboxylic acids is 1. The van der Waals surface area contributed by atoms with Gasteiger partial charge in [-0.15, -0.1) is 0 Å². The Morgan fingerprint density at radius 3 is 2.77 bits per heavy atom. The number of carbonyl (C=O) groups is 1. The summed E-state index contributed by atoms with van der Waals surface area (Å²) in [5, 5.41) is 6.18. The van der Waals surface area contributed by atoms with Crippen molar-refractivity contribution >= 4 is 17.4 Å². The molecule has 2 rings (SSSR count). The van der Waals surface area contributed by atoms with E-state index in [0.717, 1.165) is 12.4 Å². The predicted molar refractivity (Wildman–Crippen MR) is 76.5 cm³/mol. The minimum atomic E-state index is -4.55. The lowest BCUT2D eigenvalue weighted by Crippen LogP contribution is -2.44. The molecular weight excluding hydrogens is 299 g/mol. The molecule has 22 heavy (non-hydrogen) atoms. The average molecular weight is 315 g/mol. The van der Waals surface area contributed by atoms with E-state index in [1.807, 2.05) is 0 Å². The number of amides is 1. The number of anilines is 1. The minimum Gasteiger partial charge on any atom is -0.377 e. The summed E-state index contributed by atoms with van der Waals surface area (Å²) in [4.78, 5) is 16.2. The maximum Gasteiger partial charge on any atom is 0.407 e. The van der Waals surface area contributed by atoms with Crippen LogP contribution in [0.3, 0.4) is 0 Å². The number of hydrazine groups is 1. The van der Waals surface area contributed by atoms with Gasteiger partial charge in [-0.3, -0.25) is 14.8 Å². The van der Waals surface area contributed by atoms with Crippen molar-refractivity contribution in [1.82, 2.24) is 10.3 Å². The SMILES string of the molecule is NN(CC(F)(F)F)C(=O)c1ccccc1NCC1=NCCN1. The molecule has 0 unspecified atom stereocenters. The third-order valence-electron chi connectivity index (χ3n) is 2.96. The van der Waals surface area contributed by atoms with Crippen molar-refractivity contribution in [2.45, 2.75) is 6.18 Å². The lowest BCUT2D eigenvalue weighted by Gasteiger charge is -2.20. The van der Waals surface area contributed by atoms with Gasteiger partial charge in [0, 0.05) is 12.2 Å². The molecule has 0 fully saturated rings. The van der Waals surface area contributed by atoms with Gasteiger partial charge < -0.3 is 10.6 Å². The number of aliphatic imine (C=N–C) groups is 1. The van der Waals surface area contributed by atoms with Crippen LogP contribution in [0.2, 0.25) is 0 Å². The summed E-state index contributed by atoms with van der Waals surface area (Å²) in [6, 6.07) is 6.26. The van der Waals surface area contributed by atoms with E-state index in [0.29, 0.717) is 18.8 Å². The summed E-state index contributed by atoms with van der Waals surface area (Å²) in [6.07, 6.45) is -4.55. The molecule has 0 saturated heterocycles. The lowest BCUT2D eigenvalue weighted by atomic mass is 10.1. The molecule has 0 spiro atoms. The van der Waals surface area contributed by atoms with Crippen LogP contribution in [0.5, 0.6) is 0 Å². The van der Waals surface area contributed by atoms with Gasteiger partial charge >= 0.3 is 6.18 Å². The van der Waals surface area contributed by atoms with E-state index >= 15 is 0 Å². The van der Waals surface area contributed by atoms with E-state index in [9.17, 15) is 18.0 Å². The number of rotatable bonds is 5. The average Bonchev–Trinajstić information content (AvgIpc) is 2.96. The number of hydrogen-bond acceptors (Lipinski definition) is 5. The van der Waals surface area contributed by atoms with Crippen molar-refractivity contribution in [3.63, 3.8) is 0 Å². The maximum atomic E-state index is 12.3. The summed E-state index contributed by atoms with van der Waals surface area (Å²) in [5.74, 6) is 5.06. The van der Waals surface area contributed by atoms with Gasteiger partial charge in [0.25, 0.3) is 5.91 Å². The molecule has 0 radical (unpaired) electrons. The van der Waals surface area contributed by atoms with E-state index < -0.39 is 18.6 Å². The van der Waals surface area contributed by atoms with E-state index in [4.69, 9.17) is 5.84 Å². The van der Waals surface area contributed by atoms with Crippen LogP contribution in [0.4, 0.5) is 18.9 Å². The summed E-state index contributed by atoms with van der Waals surface area (Å²) in [5.41, 5.74) is 0.481. The normalized spacial score (nSPS) is 14.3. The number of hydrogen-bond donors (Lipinski definition) is 3. The Bertz CT molecular complexity index is 573. The van der Waals surface area contributed by atoms with Gasteiger partial charge in [0.15, 0.2) is 0 Å². The molecule has 0 aliphatic carbocycles. The fraction of sp³-hybridized carbons (Fsp3) is 0.385. The third kappa shape index (κ3) is 4.35. The molecular formula is C13H16F3N5O. The minimum absolute atomic E-state index is 0.0767. The van der Waals surface area contributed by atoms with Crippen LogP contribution in [0.1, 0.15) is 10.4 Å². The lowest BCUT2D eigenvalue weighted by molar-refractivity contribution is -0.141. The number of alkyl halides is 3. The van der Waals surface area contributed by atoms with Gasteiger partial charge in [-0.25, -0.2) is 5.84 Å². The molecule has 0 aromatic heterocycles. The monoisotopic (exact) mass is 315 g/mol. The second-order valence-electron chi connectivity index (χ2n) is 4.70. The number of amidine groups is 1. The molecule has 0 atom stereocenters. The summed E-state index contributed by atoms with van der Waals surface area (Å²) in [6.45, 7) is 0.280. The van der Waals surface area contributed by atoms with Gasteiger partial charge in [0.2, 0.25) is 0 Å². The summed E-state index contributed by atoms with van der Waals surface area (Å²) < 4.78 is 37.0. The van der Waals surface area contributed by atoms with Crippen molar-refractivity contribution in [1.29, 1.82) is 0 Å².